The monoisotopic (exact) mass is 485 g/mol. The SMILES string of the molecule is COCCN1C(=O)C(O)=C(C(=O)CCc2ccccc2)C1c1cccc(OCc2ccc(C)cc2)c1. The Hall–Kier alpha value is -3.90. The van der Waals surface area contributed by atoms with E-state index in [2.05, 4.69) is 0 Å². The number of carbonyl (C=O) groups is 2. The molecule has 1 aliphatic heterocycles. The summed E-state index contributed by atoms with van der Waals surface area (Å²) in [5.74, 6) is -0.679. The van der Waals surface area contributed by atoms with E-state index in [0.717, 1.165) is 11.1 Å². The number of benzene rings is 3. The molecule has 0 saturated carbocycles. The summed E-state index contributed by atoms with van der Waals surface area (Å²) in [5.41, 5.74) is 4.07. The molecule has 1 unspecified atom stereocenters. The average Bonchev–Trinajstić information content (AvgIpc) is 3.16. The molecule has 0 aliphatic carbocycles. The zero-order chi connectivity index (χ0) is 25.5. The van der Waals surface area contributed by atoms with E-state index in [0.29, 0.717) is 24.3 Å². The van der Waals surface area contributed by atoms with E-state index in [1.54, 1.807) is 7.11 Å². The summed E-state index contributed by atoms with van der Waals surface area (Å²) in [4.78, 5) is 27.8. The molecule has 0 radical (unpaired) electrons. The van der Waals surface area contributed by atoms with Crippen molar-refractivity contribution in [1.82, 2.24) is 4.90 Å². The van der Waals surface area contributed by atoms with Crippen LogP contribution in [0.25, 0.3) is 0 Å². The van der Waals surface area contributed by atoms with Crippen molar-refractivity contribution < 1.29 is 24.2 Å². The smallest absolute Gasteiger partial charge is 0.290 e. The van der Waals surface area contributed by atoms with Gasteiger partial charge in [-0.3, -0.25) is 9.59 Å². The summed E-state index contributed by atoms with van der Waals surface area (Å²) in [7, 11) is 1.55. The lowest BCUT2D eigenvalue weighted by Crippen LogP contribution is -2.34. The third kappa shape index (κ3) is 5.83. The third-order valence-electron chi connectivity index (χ3n) is 6.32. The van der Waals surface area contributed by atoms with E-state index in [-0.39, 0.29) is 30.9 Å². The molecule has 1 atom stereocenters. The second-order valence-corrected chi connectivity index (χ2v) is 8.91. The molecule has 0 fully saturated rings. The van der Waals surface area contributed by atoms with Crippen LogP contribution in [-0.2, 0) is 27.4 Å². The van der Waals surface area contributed by atoms with Crippen LogP contribution in [0.4, 0.5) is 0 Å². The van der Waals surface area contributed by atoms with Crippen molar-refractivity contribution in [3.63, 3.8) is 0 Å². The van der Waals surface area contributed by atoms with Gasteiger partial charge >= 0.3 is 0 Å². The van der Waals surface area contributed by atoms with E-state index in [9.17, 15) is 14.7 Å². The normalized spacial score (nSPS) is 15.4. The second kappa shape index (κ2) is 11.7. The topological polar surface area (TPSA) is 76.1 Å². The first-order valence-corrected chi connectivity index (χ1v) is 12.1. The van der Waals surface area contributed by atoms with Gasteiger partial charge in [-0.1, -0.05) is 72.3 Å². The zero-order valence-corrected chi connectivity index (χ0v) is 20.6. The number of aliphatic hydroxyl groups excluding tert-OH is 1. The minimum Gasteiger partial charge on any atom is -0.503 e. The van der Waals surface area contributed by atoms with Crippen LogP contribution in [0.3, 0.4) is 0 Å². The van der Waals surface area contributed by atoms with Crippen molar-refractivity contribution in [2.45, 2.75) is 32.4 Å². The highest BCUT2D eigenvalue weighted by molar-refractivity contribution is 6.09. The number of amides is 1. The fraction of sp³-hybridized carbons (Fsp3) is 0.267. The summed E-state index contributed by atoms with van der Waals surface area (Å²) >= 11 is 0. The molecule has 0 bridgehead atoms. The minimum absolute atomic E-state index is 0.128. The lowest BCUT2D eigenvalue weighted by molar-refractivity contribution is -0.130. The molecular formula is C30H31NO5. The van der Waals surface area contributed by atoms with Gasteiger partial charge in [0, 0.05) is 20.1 Å². The summed E-state index contributed by atoms with van der Waals surface area (Å²) in [6.07, 6.45) is 0.712. The number of hydrogen-bond acceptors (Lipinski definition) is 5. The number of aryl methyl sites for hydroxylation is 2. The Morgan fingerprint density at radius 1 is 0.972 bits per heavy atom. The van der Waals surface area contributed by atoms with Crippen LogP contribution >= 0.6 is 0 Å². The molecule has 6 heteroatoms. The molecule has 36 heavy (non-hydrogen) atoms. The number of hydrogen-bond donors (Lipinski definition) is 1. The van der Waals surface area contributed by atoms with Crippen molar-refractivity contribution in [2.24, 2.45) is 0 Å². The van der Waals surface area contributed by atoms with Gasteiger partial charge in [0.05, 0.1) is 18.2 Å². The molecule has 1 amide bonds. The first-order chi connectivity index (χ1) is 17.5. The highest BCUT2D eigenvalue weighted by Gasteiger charge is 2.43. The molecular weight excluding hydrogens is 454 g/mol. The molecule has 3 aromatic rings. The number of nitrogens with zero attached hydrogens (tertiary/aromatic N) is 1. The number of aliphatic hydroxyl groups is 1. The van der Waals surface area contributed by atoms with Gasteiger partial charge in [0.1, 0.15) is 12.4 Å². The maximum Gasteiger partial charge on any atom is 0.290 e. The Balaban J connectivity index is 1.58. The number of rotatable bonds is 11. The Kier molecular flexibility index (Phi) is 8.18. The second-order valence-electron chi connectivity index (χ2n) is 8.91. The van der Waals surface area contributed by atoms with Crippen LogP contribution in [0.1, 0.15) is 34.7 Å². The zero-order valence-electron chi connectivity index (χ0n) is 20.6. The van der Waals surface area contributed by atoms with Crippen molar-refractivity contribution in [3.05, 3.63) is 112 Å². The summed E-state index contributed by atoms with van der Waals surface area (Å²) in [6.45, 7) is 2.96. The predicted molar refractivity (Wildman–Crippen MR) is 138 cm³/mol. The molecule has 1 heterocycles. The molecule has 0 saturated heterocycles. The van der Waals surface area contributed by atoms with Gasteiger partial charge in [0.25, 0.3) is 5.91 Å². The average molecular weight is 486 g/mol. The summed E-state index contributed by atoms with van der Waals surface area (Å²) < 4.78 is 11.2. The molecule has 3 aromatic carbocycles. The van der Waals surface area contributed by atoms with Gasteiger partial charge in [0.2, 0.25) is 0 Å². The van der Waals surface area contributed by atoms with Gasteiger partial charge in [-0.15, -0.1) is 0 Å². The van der Waals surface area contributed by atoms with Crippen LogP contribution in [-0.4, -0.2) is 42.0 Å². The Labute approximate surface area is 211 Å². The van der Waals surface area contributed by atoms with E-state index >= 15 is 0 Å². The number of carbonyl (C=O) groups excluding carboxylic acids is 2. The summed E-state index contributed by atoms with van der Waals surface area (Å²) in [5, 5.41) is 10.8. The van der Waals surface area contributed by atoms with Crippen molar-refractivity contribution in [3.8, 4) is 5.75 Å². The summed E-state index contributed by atoms with van der Waals surface area (Å²) in [6, 6.07) is 24.4. The number of ketones is 1. The third-order valence-corrected chi connectivity index (χ3v) is 6.32. The molecule has 6 nitrogen and oxygen atoms in total. The molecule has 186 valence electrons. The largest absolute Gasteiger partial charge is 0.503 e. The molecule has 1 aliphatic rings. The first kappa shape index (κ1) is 25.2. The van der Waals surface area contributed by atoms with Crippen molar-refractivity contribution >= 4 is 11.7 Å². The van der Waals surface area contributed by atoms with E-state index in [4.69, 9.17) is 9.47 Å². The van der Waals surface area contributed by atoms with Crippen molar-refractivity contribution in [2.75, 3.05) is 20.3 Å². The van der Waals surface area contributed by atoms with Crippen LogP contribution in [0, 0.1) is 6.92 Å². The van der Waals surface area contributed by atoms with E-state index in [1.165, 1.54) is 10.5 Å². The van der Waals surface area contributed by atoms with Gasteiger partial charge < -0.3 is 19.5 Å². The Bertz CT molecular complexity index is 1230. The van der Waals surface area contributed by atoms with Gasteiger partial charge in [-0.25, -0.2) is 0 Å². The van der Waals surface area contributed by atoms with Crippen LogP contribution in [0.15, 0.2) is 90.2 Å². The highest BCUT2D eigenvalue weighted by atomic mass is 16.5. The minimum atomic E-state index is -0.709. The maximum absolute atomic E-state index is 13.3. The quantitative estimate of drug-likeness (QED) is 0.408. The molecule has 0 aromatic heterocycles. The van der Waals surface area contributed by atoms with Crippen LogP contribution in [0.2, 0.25) is 0 Å². The fourth-order valence-electron chi connectivity index (χ4n) is 4.37. The number of ether oxygens (including phenoxy) is 2. The molecule has 4 rings (SSSR count). The number of methoxy groups -OCH3 is 1. The number of Topliss-reactive ketones (excluding diaryl/α,β-unsaturated/α-hetero) is 1. The van der Waals surface area contributed by atoms with E-state index < -0.39 is 17.7 Å². The van der Waals surface area contributed by atoms with Gasteiger partial charge in [-0.05, 0) is 42.2 Å². The first-order valence-electron chi connectivity index (χ1n) is 12.1. The Morgan fingerprint density at radius 3 is 2.44 bits per heavy atom. The highest BCUT2D eigenvalue weighted by Crippen LogP contribution is 2.39. The fourth-order valence-corrected chi connectivity index (χ4v) is 4.37. The maximum atomic E-state index is 13.3. The molecule has 0 spiro atoms. The predicted octanol–water partition coefficient (Wildman–Crippen LogP) is 5.12. The Morgan fingerprint density at radius 2 is 1.72 bits per heavy atom. The van der Waals surface area contributed by atoms with Gasteiger partial charge in [0.15, 0.2) is 11.5 Å². The standard InChI is InChI=1S/C30H31NO5/c1-21-11-13-23(14-12-21)20-36-25-10-6-9-24(19-25)28-27(29(33)30(34)31(28)17-18-35-2)26(32)16-15-22-7-4-3-5-8-22/h3-14,19,28,33H,15-18,20H2,1-2H3. The van der Waals surface area contributed by atoms with Crippen LogP contribution in [0.5, 0.6) is 5.75 Å². The lowest BCUT2D eigenvalue weighted by atomic mass is 9.93. The van der Waals surface area contributed by atoms with Gasteiger partial charge in [-0.2, -0.15) is 0 Å². The van der Waals surface area contributed by atoms with E-state index in [1.807, 2.05) is 85.8 Å². The molecule has 1 N–H and O–H groups in total. The van der Waals surface area contributed by atoms with Crippen molar-refractivity contribution in [1.29, 1.82) is 0 Å². The lowest BCUT2D eigenvalue weighted by Gasteiger charge is -2.27. The van der Waals surface area contributed by atoms with Crippen LogP contribution < -0.4 is 4.74 Å².